The smallest absolute Gasteiger partial charge is 0.269 e. The summed E-state index contributed by atoms with van der Waals surface area (Å²) in [5.74, 6) is -1.44. The lowest BCUT2D eigenvalue weighted by Crippen LogP contribution is -2.44. The maximum absolute atomic E-state index is 12.9. The Labute approximate surface area is 141 Å². The number of anilines is 1. The SMILES string of the molecule is CC(=O)C1=C(C)OC(N)=C(C#N)[C@]12C(=O)Nc1ccc([N+](=O)[O-])cc12. The van der Waals surface area contributed by atoms with Gasteiger partial charge in [0.25, 0.3) is 5.69 Å². The van der Waals surface area contributed by atoms with Gasteiger partial charge < -0.3 is 15.8 Å². The Bertz CT molecular complexity index is 969. The van der Waals surface area contributed by atoms with Crippen LogP contribution < -0.4 is 11.1 Å². The fourth-order valence-electron chi connectivity index (χ4n) is 3.39. The fourth-order valence-corrected chi connectivity index (χ4v) is 3.39. The molecule has 1 amide bonds. The Hall–Kier alpha value is -3.67. The van der Waals surface area contributed by atoms with Gasteiger partial charge in [0.05, 0.1) is 10.5 Å². The van der Waals surface area contributed by atoms with Crippen molar-refractivity contribution in [2.45, 2.75) is 19.3 Å². The molecule has 3 rings (SSSR count). The molecule has 0 saturated carbocycles. The van der Waals surface area contributed by atoms with Crippen LogP contribution in [0.3, 0.4) is 0 Å². The number of nitrogens with one attached hydrogen (secondary N) is 1. The number of non-ortho nitro benzene ring substituents is 1. The summed E-state index contributed by atoms with van der Waals surface area (Å²) in [5.41, 5.74) is 3.68. The molecule has 1 aromatic rings. The number of hydrogen-bond donors (Lipinski definition) is 2. The lowest BCUT2D eigenvalue weighted by atomic mass is 9.67. The Morgan fingerprint density at radius 3 is 2.72 bits per heavy atom. The Morgan fingerprint density at radius 2 is 2.16 bits per heavy atom. The maximum atomic E-state index is 12.9. The number of carbonyl (C=O) groups is 2. The number of nitro groups is 1. The summed E-state index contributed by atoms with van der Waals surface area (Å²) < 4.78 is 5.27. The average molecular weight is 340 g/mol. The largest absolute Gasteiger partial charge is 0.445 e. The van der Waals surface area contributed by atoms with E-state index in [4.69, 9.17) is 10.5 Å². The van der Waals surface area contributed by atoms with Crippen LogP contribution in [0.1, 0.15) is 19.4 Å². The van der Waals surface area contributed by atoms with Crippen LogP contribution in [0.5, 0.6) is 0 Å². The highest BCUT2D eigenvalue weighted by atomic mass is 16.6. The molecule has 0 radical (unpaired) electrons. The molecule has 2 aliphatic rings. The van der Waals surface area contributed by atoms with Gasteiger partial charge in [0.1, 0.15) is 22.8 Å². The molecule has 2 aliphatic heterocycles. The van der Waals surface area contributed by atoms with Gasteiger partial charge in [-0.15, -0.1) is 0 Å². The van der Waals surface area contributed by atoms with Crippen LogP contribution in [0.15, 0.2) is 41.0 Å². The van der Waals surface area contributed by atoms with Crippen molar-refractivity contribution in [1.29, 1.82) is 5.26 Å². The number of fused-ring (bicyclic) bond motifs is 2. The van der Waals surface area contributed by atoms with Crippen LogP contribution in [-0.2, 0) is 19.7 Å². The number of nitriles is 1. The van der Waals surface area contributed by atoms with Crippen LogP contribution in [0.2, 0.25) is 0 Å². The number of carbonyl (C=O) groups excluding carboxylic acids is 2. The minimum atomic E-state index is -1.87. The Kier molecular flexibility index (Phi) is 3.35. The molecule has 1 atom stereocenters. The van der Waals surface area contributed by atoms with Crippen molar-refractivity contribution in [3.05, 3.63) is 56.7 Å². The monoisotopic (exact) mass is 340 g/mol. The van der Waals surface area contributed by atoms with Gasteiger partial charge >= 0.3 is 0 Å². The zero-order chi connectivity index (χ0) is 18.5. The molecule has 2 heterocycles. The van der Waals surface area contributed by atoms with Gasteiger partial charge in [0.2, 0.25) is 11.8 Å². The highest BCUT2D eigenvalue weighted by Crippen LogP contribution is 2.52. The van der Waals surface area contributed by atoms with Crippen molar-refractivity contribution in [1.82, 2.24) is 0 Å². The predicted octanol–water partition coefficient (Wildman–Crippen LogP) is 1.37. The molecule has 0 bridgehead atoms. The van der Waals surface area contributed by atoms with E-state index < -0.39 is 22.0 Å². The van der Waals surface area contributed by atoms with Gasteiger partial charge in [-0.1, -0.05) is 0 Å². The third kappa shape index (κ3) is 1.94. The average Bonchev–Trinajstić information content (AvgIpc) is 2.79. The highest BCUT2D eigenvalue weighted by molar-refractivity contribution is 6.18. The number of Topliss-reactive ketones (excluding diaryl/α,β-unsaturated/α-hetero) is 1. The number of nitrogens with zero attached hydrogens (tertiary/aromatic N) is 2. The van der Waals surface area contributed by atoms with E-state index in [0.717, 1.165) is 0 Å². The lowest BCUT2D eigenvalue weighted by Gasteiger charge is -2.33. The number of nitro benzene ring substituents is 1. The topological polar surface area (TPSA) is 148 Å². The maximum Gasteiger partial charge on any atom is 0.269 e. The second-order valence-corrected chi connectivity index (χ2v) is 5.63. The summed E-state index contributed by atoms with van der Waals surface area (Å²) >= 11 is 0. The van der Waals surface area contributed by atoms with Crippen molar-refractivity contribution in [2.24, 2.45) is 5.73 Å². The number of hydrogen-bond acceptors (Lipinski definition) is 7. The molecular weight excluding hydrogens is 328 g/mol. The molecule has 3 N–H and O–H groups in total. The van der Waals surface area contributed by atoms with Crippen LogP contribution >= 0.6 is 0 Å². The fraction of sp³-hybridized carbons (Fsp3) is 0.188. The molecule has 25 heavy (non-hydrogen) atoms. The number of nitrogens with two attached hydrogens (primary N) is 1. The summed E-state index contributed by atoms with van der Waals surface area (Å²) in [6.45, 7) is 2.67. The van der Waals surface area contributed by atoms with Crippen LogP contribution in [0, 0.1) is 21.4 Å². The van der Waals surface area contributed by atoms with E-state index in [2.05, 4.69) is 5.32 Å². The van der Waals surface area contributed by atoms with Crippen molar-refractivity contribution < 1.29 is 19.2 Å². The number of ether oxygens (including phenoxy) is 1. The van der Waals surface area contributed by atoms with Crippen LogP contribution in [-0.4, -0.2) is 16.6 Å². The van der Waals surface area contributed by atoms with Crippen molar-refractivity contribution in [3.8, 4) is 6.07 Å². The van der Waals surface area contributed by atoms with Crippen molar-refractivity contribution in [2.75, 3.05) is 5.32 Å². The summed E-state index contributed by atoms with van der Waals surface area (Å²) in [6, 6.07) is 5.57. The molecule has 0 aliphatic carbocycles. The second-order valence-electron chi connectivity index (χ2n) is 5.63. The minimum Gasteiger partial charge on any atom is -0.445 e. The quantitative estimate of drug-likeness (QED) is 0.610. The molecule has 126 valence electrons. The number of allylic oxidation sites excluding steroid dienone is 1. The van der Waals surface area contributed by atoms with E-state index in [0.29, 0.717) is 0 Å². The molecule has 9 heteroatoms. The minimum absolute atomic E-state index is 0.0681. The number of ketones is 1. The standard InChI is InChI=1S/C16H12N4O5/c1-7(21)13-8(2)25-14(18)11(6-17)16(13)10-5-9(20(23)24)3-4-12(10)19-15(16)22/h3-5H,18H2,1-2H3,(H,19,22)/t16-/m0/s1. The first kappa shape index (κ1) is 16.2. The first-order valence-electron chi connectivity index (χ1n) is 7.16. The number of amides is 1. The van der Waals surface area contributed by atoms with E-state index in [9.17, 15) is 25.0 Å². The Balaban J connectivity index is 2.47. The third-order valence-corrected chi connectivity index (χ3v) is 4.28. The number of benzene rings is 1. The predicted molar refractivity (Wildman–Crippen MR) is 84.7 cm³/mol. The van der Waals surface area contributed by atoms with Crippen molar-refractivity contribution >= 4 is 23.1 Å². The zero-order valence-electron chi connectivity index (χ0n) is 13.2. The molecule has 0 aromatic heterocycles. The summed E-state index contributed by atoms with van der Waals surface area (Å²) in [5, 5.41) is 23.3. The first-order chi connectivity index (χ1) is 11.7. The normalized spacial score (nSPS) is 21.6. The molecule has 1 spiro atoms. The highest BCUT2D eigenvalue weighted by Gasteiger charge is 2.58. The van der Waals surface area contributed by atoms with Gasteiger partial charge in [-0.3, -0.25) is 19.7 Å². The van der Waals surface area contributed by atoms with Gasteiger partial charge in [-0.25, -0.2) is 0 Å². The van der Waals surface area contributed by atoms with Gasteiger partial charge in [0, 0.05) is 23.4 Å². The van der Waals surface area contributed by atoms with E-state index in [1.165, 1.54) is 32.0 Å². The van der Waals surface area contributed by atoms with Gasteiger partial charge in [-0.05, 0) is 19.9 Å². The molecule has 9 nitrogen and oxygen atoms in total. The zero-order valence-corrected chi connectivity index (χ0v) is 13.2. The van der Waals surface area contributed by atoms with Crippen LogP contribution in [0.4, 0.5) is 11.4 Å². The van der Waals surface area contributed by atoms with Crippen LogP contribution in [0.25, 0.3) is 0 Å². The van der Waals surface area contributed by atoms with E-state index >= 15 is 0 Å². The first-order valence-corrected chi connectivity index (χ1v) is 7.16. The molecule has 0 unspecified atom stereocenters. The summed E-state index contributed by atoms with van der Waals surface area (Å²) in [6.07, 6.45) is 0. The molecular formula is C16H12N4O5. The third-order valence-electron chi connectivity index (χ3n) is 4.28. The van der Waals surface area contributed by atoms with Gasteiger partial charge in [0.15, 0.2) is 5.78 Å². The Morgan fingerprint density at radius 1 is 1.48 bits per heavy atom. The van der Waals surface area contributed by atoms with E-state index in [1.54, 1.807) is 0 Å². The van der Waals surface area contributed by atoms with E-state index in [-0.39, 0.29) is 39.7 Å². The van der Waals surface area contributed by atoms with Gasteiger partial charge in [-0.2, -0.15) is 5.26 Å². The molecule has 0 saturated heterocycles. The molecule has 1 aromatic carbocycles. The second kappa shape index (κ2) is 5.17. The molecule has 0 fully saturated rings. The lowest BCUT2D eigenvalue weighted by molar-refractivity contribution is -0.384. The summed E-state index contributed by atoms with van der Waals surface area (Å²) in [4.78, 5) is 35.7. The van der Waals surface area contributed by atoms with E-state index in [1.807, 2.05) is 6.07 Å². The summed E-state index contributed by atoms with van der Waals surface area (Å²) in [7, 11) is 0. The van der Waals surface area contributed by atoms with Crippen molar-refractivity contribution in [3.63, 3.8) is 0 Å². The number of rotatable bonds is 2.